The Morgan fingerprint density at radius 2 is 1.81 bits per heavy atom. The van der Waals surface area contributed by atoms with Crippen LogP contribution in [0, 0.1) is 0 Å². The zero-order valence-electron chi connectivity index (χ0n) is 17.6. The van der Waals surface area contributed by atoms with Crippen LogP contribution in [0.15, 0.2) is 50.1 Å². The summed E-state index contributed by atoms with van der Waals surface area (Å²) >= 11 is 0. The molecule has 4 rings (SSSR count). The first-order valence-corrected chi connectivity index (χ1v) is 9.52. The van der Waals surface area contributed by atoms with Crippen molar-refractivity contribution in [3.05, 3.63) is 64.2 Å². The van der Waals surface area contributed by atoms with Crippen LogP contribution in [0.4, 0.5) is 0 Å². The minimum absolute atomic E-state index is 0.000492. The highest BCUT2D eigenvalue weighted by Gasteiger charge is 2.18. The fourth-order valence-corrected chi connectivity index (χ4v) is 3.21. The van der Waals surface area contributed by atoms with Gasteiger partial charge in [-0.1, -0.05) is 17.3 Å². The van der Waals surface area contributed by atoms with Crippen LogP contribution in [0.5, 0.6) is 17.2 Å². The van der Waals surface area contributed by atoms with Gasteiger partial charge in [-0.3, -0.25) is 9.36 Å². The highest BCUT2D eigenvalue weighted by molar-refractivity contribution is 5.89. The molecule has 0 saturated heterocycles. The van der Waals surface area contributed by atoms with E-state index in [-0.39, 0.29) is 24.8 Å². The van der Waals surface area contributed by atoms with Crippen molar-refractivity contribution in [3.63, 3.8) is 0 Å². The molecule has 2 aromatic heterocycles. The van der Waals surface area contributed by atoms with Gasteiger partial charge in [-0.25, -0.2) is 4.79 Å². The Labute approximate surface area is 181 Å². The highest BCUT2D eigenvalue weighted by atomic mass is 16.5. The summed E-state index contributed by atoms with van der Waals surface area (Å²) < 4.78 is 27.5. The summed E-state index contributed by atoms with van der Waals surface area (Å²) in [5.41, 5.74) is 1.75. The first-order chi connectivity index (χ1) is 15.5. The normalized spacial score (nSPS) is 10.8. The van der Waals surface area contributed by atoms with Crippen molar-refractivity contribution in [1.82, 2.24) is 20.0 Å². The molecule has 2 aromatic carbocycles. The summed E-state index contributed by atoms with van der Waals surface area (Å²) in [6.45, 7) is 0.151. The largest absolute Gasteiger partial charge is 0.493 e. The van der Waals surface area contributed by atoms with Gasteiger partial charge in [-0.05, 0) is 29.8 Å². The molecular formula is C21H20N4O7. The lowest BCUT2D eigenvalue weighted by Crippen LogP contribution is -2.23. The van der Waals surface area contributed by atoms with E-state index < -0.39 is 11.7 Å². The fourth-order valence-electron chi connectivity index (χ4n) is 3.21. The van der Waals surface area contributed by atoms with Gasteiger partial charge in [0.2, 0.25) is 5.75 Å². The second-order valence-electron chi connectivity index (χ2n) is 6.65. The van der Waals surface area contributed by atoms with Crippen molar-refractivity contribution in [2.75, 3.05) is 21.3 Å². The van der Waals surface area contributed by atoms with Gasteiger partial charge in [-0.15, -0.1) is 0 Å². The number of amides is 1. The van der Waals surface area contributed by atoms with E-state index in [1.54, 1.807) is 36.4 Å². The Bertz CT molecular complexity index is 1300. The van der Waals surface area contributed by atoms with Gasteiger partial charge in [0.15, 0.2) is 22.9 Å². The number of oxazole rings is 1. The number of benzene rings is 2. The summed E-state index contributed by atoms with van der Waals surface area (Å²) in [6.07, 6.45) is 0. The number of carbonyl (C=O) groups excluding carboxylic acids is 1. The number of carbonyl (C=O) groups is 1. The van der Waals surface area contributed by atoms with E-state index in [0.29, 0.717) is 33.9 Å². The molecule has 11 heteroatoms. The third-order valence-electron chi connectivity index (χ3n) is 4.71. The van der Waals surface area contributed by atoms with Crippen molar-refractivity contribution in [1.29, 1.82) is 0 Å². The maximum Gasteiger partial charge on any atom is 0.420 e. The molecule has 2 heterocycles. The standard InChI is InChI=1S/C21H20N4O7/c1-28-15-8-12(9-16(29-2)18(15)30-3)10-22-19(26)20-23-17(24-32-20)11-25-13-6-4-5-7-14(13)31-21(25)27/h4-9H,10-11H2,1-3H3,(H,22,26). The molecule has 32 heavy (non-hydrogen) atoms. The van der Waals surface area contributed by atoms with Crippen LogP contribution >= 0.6 is 0 Å². The minimum atomic E-state index is -0.568. The number of rotatable bonds is 8. The van der Waals surface area contributed by atoms with Gasteiger partial charge in [0, 0.05) is 6.54 Å². The summed E-state index contributed by atoms with van der Waals surface area (Å²) in [5.74, 6) is 0.202. The number of para-hydroxylation sites is 2. The van der Waals surface area contributed by atoms with E-state index in [4.69, 9.17) is 23.2 Å². The van der Waals surface area contributed by atoms with Gasteiger partial charge in [0.1, 0.15) is 0 Å². The topological polar surface area (TPSA) is 131 Å². The van der Waals surface area contributed by atoms with E-state index in [0.717, 1.165) is 0 Å². The third-order valence-corrected chi connectivity index (χ3v) is 4.71. The fraction of sp³-hybridized carbons (Fsp3) is 0.238. The van der Waals surface area contributed by atoms with Crippen molar-refractivity contribution in [2.45, 2.75) is 13.1 Å². The second-order valence-corrected chi connectivity index (χ2v) is 6.65. The van der Waals surface area contributed by atoms with Gasteiger partial charge in [0.05, 0.1) is 33.4 Å². The Morgan fingerprint density at radius 3 is 2.50 bits per heavy atom. The lowest BCUT2D eigenvalue weighted by molar-refractivity contribution is 0.0907. The number of hydrogen-bond donors (Lipinski definition) is 1. The lowest BCUT2D eigenvalue weighted by atomic mass is 10.1. The maximum atomic E-state index is 12.5. The van der Waals surface area contributed by atoms with Crippen LogP contribution in [0.25, 0.3) is 11.1 Å². The average molecular weight is 440 g/mol. The Morgan fingerprint density at radius 1 is 1.09 bits per heavy atom. The zero-order valence-corrected chi connectivity index (χ0v) is 17.6. The number of fused-ring (bicyclic) bond motifs is 1. The number of nitrogens with zero attached hydrogens (tertiary/aromatic N) is 3. The van der Waals surface area contributed by atoms with Crippen molar-refractivity contribution in [2.24, 2.45) is 0 Å². The Kier molecular flexibility index (Phi) is 5.79. The molecule has 0 atom stereocenters. The molecule has 0 bridgehead atoms. The smallest absolute Gasteiger partial charge is 0.420 e. The van der Waals surface area contributed by atoms with Gasteiger partial charge in [-0.2, -0.15) is 4.98 Å². The molecule has 0 fully saturated rings. The van der Waals surface area contributed by atoms with E-state index in [9.17, 15) is 9.59 Å². The summed E-state index contributed by atoms with van der Waals surface area (Å²) in [6, 6.07) is 10.4. The Hall–Kier alpha value is -4.28. The van der Waals surface area contributed by atoms with E-state index in [2.05, 4.69) is 15.5 Å². The quantitative estimate of drug-likeness (QED) is 0.437. The summed E-state index contributed by atoms with van der Waals surface area (Å²) in [4.78, 5) is 28.6. The molecular weight excluding hydrogens is 420 g/mol. The van der Waals surface area contributed by atoms with Gasteiger partial charge >= 0.3 is 17.6 Å². The molecule has 166 valence electrons. The molecule has 0 aliphatic heterocycles. The van der Waals surface area contributed by atoms with Crippen LogP contribution in [0.3, 0.4) is 0 Å². The molecule has 0 unspecified atom stereocenters. The predicted molar refractivity (Wildman–Crippen MR) is 111 cm³/mol. The zero-order chi connectivity index (χ0) is 22.7. The van der Waals surface area contributed by atoms with Crippen molar-refractivity contribution in [3.8, 4) is 17.2 Å². The second kappa shape index (κ2) is 8.84. The van der Waals surface area contributed by atoms with Crippen LogP contribution in [0.2, 0.25) is 0 Å². The molecule has 0 saturated carbocycles. The monoisotopic (exact) mass is 440 g/mol. The van der Waals surface area contributed by atoms with Crippen LogP contribution in [-0.2, 0) is 13.1 Å². The first kappa shape index (κ1) is 21.0. The number of aromatic nitrogens is 3. The molecule has 0 radical (unpaired) electrons. The average Bonchev–Trinajstić information content (AvgIpc) is 3.41. The first-order valence-electron chi connectivity index (χ1n) is 9.52. The number of hydrogen-bond acceptors (Lipinski definition) is 9. The highest BCUT2D eigenvalue weighted by Crippen LogP contribution is 2.38. The van der Waals surface area contributed by atoms with E-state index in [1.165, 1.54) is 25.9 Å². The van der Waals surface area contributed by atoms with Crippen molar-refractivity contribution >= 4 is 17.0 Å². The number of nitrogens with one attached hydrogen (secondary N) is 1. The number of ether oxygens (including phenoxy) is 3. The molecule has 1 amide bonds. The van der Waals surface area contributed by atoms with Crippen LogP contribution < -0.4 is 25.3 Å². The van der Waals surface area contributed by atoms with Crippen LogP contribution in [0.1, 0.15) is 22.1 Å². The number of methoxy groups -OCH3 is 3. The van der Waals surface area contributed by atoms with Crippen LogP contribution in [-0.4, -0.2) is 41.9 Å². The predicted octanol–water partition coefficient (Wildman–Crippen LogP) is 1.98. The van der Waals surface area contributed by atoms with E-state index >= 15 is 0 Å². The minimum Gasteiger partial charge on any atom is -0.493 e. The van der Waals surface area contributed by atoms with Crippen molar-refractivity contribution < 1.29 is 27.9 Å². The summed E-state index contributed by atoms with van der Waals surface area (Å²) in [7, 11) is 4.53. The molecule has 0 aliphatic carbocycles. The summed E-state index contributed by atoms with van der Waals surface area (Å²) in [5, 5.41) is 6.48. The molecule has 11 nitrogen and oxygen atoms in total. The molecule has 0 aliphatic rings. The maximum absolute atomic E-state index is 12.5. The SMILES string of the molecule is COc1cc(CNC(=O)c2nc(Cn3c(=O)oc4ccccc43)no2)cc(OC)c1OC. The van der Waals surface area contributed by atoms with Gasteiger partial charge in [0.25, 0.3) is 0 Å². The lowest BCUT2D eigenvalue weighted by Gasteiger charge is -2.14. The van der Waals surface area contributed by atoms with Gasteiger partial charge < -0.3 is 28.5 Å². The molecule has 4 aromatic rings. The molecule has 1 N–H and O–H groups in total. The Balaban J connectivity index is 1.47. The molecule has 0 spiro atoms. The third kappa shape index (κ3) is 4.00. The van der Waals surface area contributed by atoms with E-state index in [1.807, 2.05) is 0 Å².